The van der Waals surface area contributed by atoms with E-state index in [0.717, 1.165) is 12.1 Å². The minimum Gasteiger partial charge on any atom is -0.279 e. The third kappa shape index (κ3) is 4.45. The second-order valence-electron chi connectivity index (χ2n) is 6.30. The van der Waals surface area contributed by atoms with Crippen LogP contribution in [0, 0.1) is 17.0 Å². The van der Waals surface area contributed by atoms with Gasteiger partial charge < -0.3 is 0 Å². The van der Waals surface area contributed by atoms with Crippen LogP contribution in [0.2, 0.25) is 5.02 Å². The Kier molecular flexibility index (Phi) is 5.84. The third-order valence-corrected chi connectivity index (χ3v) is 7.74. The van der Waals surface area contributed by atoms with Crippen LogP contribution in [0.15, 0.2) is 81.4 Å². The van der Waals surface area contributed by atoms with E-state index in [0.29, 0.717) is 10.6 Å². The van der Waals surface area contributed by atoms with E-state index in [9.17, 15) is 26.9 Å². The lowest BCUT2D eigenvalue weighted by molar-refractivity contribution is -0.384. The maximum Gasteiger partial charge on any atom is 0.271 e. The number of sulfone groups is 1. The molecule has 0 saturated heterocycles. The van der Waals surface area contributed by atoms with E-state index in [2.05, 4.69) is 4.72 Å². The average molecular weight is 467 g/mol. The predicted molar refractivity (Wildman–Crippen MR) is 112 cm³/mol. The van der Waals surface area contributed by atoms with E-state index in [1.54, 1.807) is 0 Å². The number of halogens is 1. The zero-order valence-electron chi connectivity index (χ0n) is 15.4. The van der Waals surface area contributed by atoms with Gasteiger partial charge in [0, 0.05) is 17.2 Å². The van der Waals surface area contributed by atoms with Gasteiger partial charge in [0.25, 0.3) is 15.7 Å². The standard InChI is InChI=1S/C19H15ClN2O6S2/c1-13-5-8-18(29(25,26)17-9-6-14(20)7-10-17)12-19(13)30(27,28)21-15-3-2-4-16(11-15)22(23)24/h2-12,21H,1H3. The molecule has 3 aromatic rings. The molecule has 0 heterocycles. The SMILES string of the molecule is Cc1ccc(S(=O)(=O)c2ccc(Cl)cc2)cc1S(=O)(=O)Nc1cccc([N+](=O)[O-])c1. The van der Waals surface area contributed by atoms with E-state index in [1.165, 1.54) is 61.5 Å². The maximum absolute atomic E-state index is 12.9. The smallest absolute Gasteiger partial charge is 0.271 e. The van der Waals surface area contributed by atoms with Gasteiger partial charge in [-0.05, 0) is 55.0 Å². The van der Waals surface area contributed by atoms with E-state index >= 15 is 0 Å². The summed E-state index contributed by atoms with van der Waals surface area (Å²) in [5.74, 6) is 0. The highest BCUT2D eigenvalue weighted by Crippen LogP contribution is 2.28. The van der Waals surface area contributed by atoms with Gasteiger partial charge in [-0.15, -0.1) is 0 Å². The van der Waals surface area contributed by atoms with Crippen LogP contribution in [0.5, 0.6) is 0 Å². The Morgan fingerprint density at radius 1 is 0.900 bits per heavy atom. The summed E-state index contributed by atoms with van der Waals surface area (Å²) in [5.41, 5.74) is 0.00328. The summed E-state index contributed by atoms with van der Waals surface area (Å²) >= 11 is 5.80. The number of nitro benzene ring substituents is 1. The van der Waals surface area contributed by atoms with Crippen molar-refractivity contribution in [3.8, 4) is 0 Å². The van der Waals surface area contributed by atoms with Gasteiger partial charge in [-0.1, -0.05) is 23.7 Å². The van der Waals surface area contributed by atoms with E-state index in [-0.39, 0.29) is 26.1 Å². The molecule has 0 aliphatic heterocycles. The molecule has 0 aromatic heterocycles. The number of nitro groups is 1. The first-order chi connectivity index (χ1) is 14.0. The Morgan fingerprint density at radius 3 is 2.17 bits per heavy atom. The fraction of sp³-hybridized carbons (Fsp3) is 0.0526. The Balaban J connectivity index is 2.03. The van der Waals surface area contributed by atoms with Crippen molar-refractivity contribution in [3.05, 3.63) is 87.4 Å². The lowest BCUT2D eigenvalue weighted by Gasteiger charge is -2.12. The van der Waals surface area contributed by atoms with Crippen molar-refractivity contribution in [1.82, 2.24) is 0 Å². The van der Waals surface area contributed by atoms with E-state index < -0.39 is 24.8 Å². The maximum atomic E-state index is 12.9. The summed E-state index contributed by atoms with van der Waals surface area (Å²) in [5, 5.41) is 11.3. The van der Waals surface area contributed by atoms with Gasteiger partial charge in [0.15, 0.2) is 0 Å². The second-order valence-corrected chi connectivity index (χ2v) is 10.3. The topological polar surface area (TPSA) is 123 Å². The van der Waals surface area contributed by atoms with Crippen molar-refractivity contribution < 1.29 is 21.8 Å². The van der Waals surface area contributed by atoms with Gasteiger partial charge in [-0.3, -0.25) is 14.8 Å². The highest BCUT2D eigenvalue weighted by atomic mass is 35.5. The summed E-state index contributed by atoms with van der Waals surface area (Å²) in [6.45, 7) is 1.51. The van der Waals surface area contributed by atoms with Crippen molar-refractivity contribution in [2.45, 2.75) is 21.6 Å². The van der Waals surface area contributed by atoms with Crippen LogP contribution in [0.1, 0.15) is 5.56 Å². The van der Waals surface area contributed by atoms with Crippen molar-refractivity contribution >= 4 is 42.8 Å². The summed E-state index contributed by atoms with van der Waals surface area (Å²) in [4.78, 5) is 9.75. The van der Waals surface area contributed by atoms with Crippen LogP contribution in [0.3, 0.4) is 0 Å². The molecular weight excluding hydrogens is 452 g/mol. The number of nitrogens with zero attached hydrogens (tertiary/aromatic N) is 1. The van der Waals surface area contributed by atoms with Crippen LogP contribution < -0.4 is 4.72 Å². The van der Waals surface area contributed by atoms with E-state index in [4.69, 9.17) is 11.6 Å². The number of sulfonamides is 1. The first kappa shape index (κ1) is 21.8. The zero-order chi connectivity index (χ0) is 22.1. The molecule has 0 unspecified atom stereocenters. The van der Waals surface area contributed by atoms with Crippen molar-refractivity contribution in [1.29, 1.82) is 0 Å². The normalized spacial score (nSPS) is 11.8. The van der Waals surface area contributed by atoms with Crippen LogP contribution in [0.25, 0.3) is 0 Å². The molecule has 0 atom stereocenters. The number of rotatable bonds is 6. The van der Waals surface area contributed by atoms with Crippen LogP contribution in [-0.2, 0) is 19.9 Å². The van der Waals surface area contributed by atoms with Crippen molar-refractivity contribution in [2.24, 2.45) is 0 Å². The molecule has 1 N–H and O–H groups in total. The number of hydrogen-bond donors (Lipinski definition) is 1. The zero-order valence-corrected chi connectivity index (χ0v) is 17.8. The number of aryl methyl sites for hydroxylation is 1. The number of anilines is 1. The largest absolute Gasteiger partial charge is 0.279 e. The third-order valence-electron chi connectivity index (χ3n) is 4.19. The Labute approximate surface area is 178 Å². The van der Waals surface area contributed by atoms with Gasteiger partial charge in [-0.2, -0.15) is 0 Å². The van der Waals surface area contributed by atoms with Gasteiger partial charge in [0.1, 0.15) is 0 Å². The Bertz CT molecular complexity index is 1340. The van der Waals surface area contributed by atoms with Crippen LogP contribution in [-0.4, -0.2) is 21.8 Å². The number of nitrogens with one attached hydrogen (secondary N) is 1. The van der Waals surface area contributed by atoms with Gasteiger partial charge in [-0.25, -0.2) is 16.8 Å². The lowest BCUT2D eigenvalue weighted by atomic mass is 10.2. The molecule has 0 saturated carbocycles. The summed E-state index contributed by atoms with van der Waals surface area (Å²) in [6.07, 6.45) is 0. The number of non-ortho nitro benzene ring substituents is 1. The molecule has 0 spiro atoms. The highest BCUT2D eigenvalue weighted by Gasteiger charge is 2.24. The lowest BCUT2D eigenvalue weighted by Crippen LogP contribution is -2.15. The molecule has 30 heavy (non-hydrogen) atoms. The number of benzene rings is 3. The first-order valence-electron chi connectivity index (χ1n) is 8.39. The fourth-order valence-electron chi connectivity index (χ4n) is 2.68. The molecule has 0 amide bonds. The fourth-order valence-corrected chi connectivity index (χ4v) is 5.49. The molecule has 11 heteroatoms. The monoisotopic (exact) mass is 466 g/mol. The molecule has 0 bridgehead atoms. The quantitative estimate of drug-likeness (QED) is 0.429. The Hall–Kier alpha value is -2.95. The van der Waals surface area contributed by atoms with Crippen LogP contribution in [0.4, 0.5) is 11.4 Å². The minimum atomic E-state index is -4.22. The summed E-state index contributed by atoms with van der Waals surface area (Å²) in [7, 11) is -8.20. The molecule has 0 aliphatic rings. The van der Waals surface area contributed by atoms with Crippen molar-refractivity contribution in [3.63, 3.8) is 0 Å². The molecule has 0 fully saturated rings. The molecule has 0 radical (unpaired) electrons. The summed E-state index contributed by atoms with van der Waals surface area (Å²) in [6, 6.07) is 14.2. The molecule has 0 aliphatic carbocycles. The van der Waals surface area contributed by atoms with Gasteiger partial charge >= 0.3 is 0 Å². The summed E-state index contributed by atoms with van der Waals surface area (Å²) < 4.78 is 53.8. The second kappa shape index (κ2) is 8.05. The highest BCUT2D eigenvalue weighted by molar-refractivity contribution is 7.93. The predicted octanol–water partition coefficient (Wildman–Crippen LogP) is 4.19. The van der Waals surface area contributed by atoms with Crippen LogP contribution >= 0.6 is 11.6 Å². The Morgan fingerprint density at radius 2 is 1.53 bits per heavy atom. The average Bonchev–Trinajstić information content (AvgIpc) is 2.68. The minimum absolute atomic E-state index is 0.0189. The van der Waals surface area contributed by atoms with E-state index in [1.807, 2.05) is 0 Å². The first-order valence-corrected chi connectivity index (χ1v) is 11.7. The molecule has 3 aromatic carbocycles. The molecule has 8 nitrogen and oxygen atoms in total. The molecule has 156 valence electrons. The van der Waals surface area contributed by atoms with Gasteiger partial charge in [0.2, 0.25) is 9.84 Å². The van der Waals surface area contributed by atoms with Crippen molar-refractivity contribution in [2.75, 3.05) is 4.72 Å². The van der Waals surface area contributed by atoms with Gasteiger partial charge in [0.05, 0.1) is 25.3 Å². The number of hydrogen-bond acceptors (Lipinski definition) is 6. The molecular formula is C19H15ClN2O6S2. The molecule has 3 rings (SSSR count).